The lowest BCUT2D eigenvalue weighted by atomic mass is 9.85. The molecule has 1 aromatic heterocycles. The lowest BCUT2D eigenvalue weighted by molar-refractivity contribution is -0.121. The van der Waals surface area contributed by atoms with Crippen molar-refractivity contribution < 1.29 is 14.3 Å². The average Bonchev–Trinajstić information content (AvgIpc) is 2.93. The van der Waals surface area contributed by atoms with Crippen molar-refractivity contribution in [3.63, 3.8) is 0 Å². The van der Waals surface area contributed by atoms with E-state index in [0.717, 1.165) is 46.5 Å². The number of aryl methyl sites for hydroxylation is 2. The van der Waals surface area contributed by atoms with Crippen LogP contribution in [0.1, 0.15) is 74.4 Å². The van der Waals surface area contributed by atoms with Crippen LogP contribution in [0.2, 0.25) is 0 Å². The average molecular weight is 573 g/mol. The van der Waals surface area contributed by atoms with Crippen LogP contribution in [0.15, 0.2) is 53.4 Å². The van der Waals surface area contributed by atoms with E-state index in [4.69, 9.17) is 14.7 Å². The fourth-order valence-electron chi connectivity index (χ4n) is 5.86. The Morgan fingerprint density at radius 3 is 2.41 bits per heavy atom. The van der Waals surface area contributed by atoms with Crippen LogP contribution in [0.25, 0.3) is 11.3 Å². The van der Waals surface area contributed by atoms with Gasteiger partial charge in [-0.2, -0.15) is 4.98 Å². The number of nitrogens with zero attached hydrogens (tertiary/aromatic N) is 3. The maximum Gasteiger partial charge on any atom is 0.254 e. The van der Waals surface area contributed by atoms with Gasteiger partial charge < -0.3 is 9.64 Å². The molecule has 1 aliphatic heterocycles. The number of benzene rings is 2. The second-order valence-electron chi connectivity index (χ2n) is 12.6. The van der Waals surface area contributed by atoms with Crippen molar-refractivity contribution in [2.75, 3.05) is 17.9 Å². The van der Waals surface area contributed by atoms with Crippen molar-refractivity contribution in [1.29, 1.82) is 0 Å². The minimum Gasteiger partial charge on any atom is -0.475 e. The van der Waals surface area contributed by atoms with E-state index in [2.05, 4.69) is 57.5 Å². The third kappa shape index (κ3) is 7.28. The van der Waals surface area contributed by atoms with E-state index in [1.807, 2.05) is 35.2 Å². The number of fused-ring (bicyclic) bond motifs is 4. The first kappa shape index (κ1) is 29.1. The molecule has 1 saturated carbocycles. The third-order valence-corrected chi connectivity index (χ3v) is 8.65. The first-order valence-corrected chi connectivity index (χ1v) is 15.3. The zero-order chi connectivity index (χ0) is 29.1. The Bertz CT molecular complexity index is 1400. The molecule has 2 aromatic carbocycles. The minimum atomic E-state index is -0.174. The van der Waals surface area contributed by atoms with Gasteiger partial charge in [-0.05, 0) is 85.7 Å². The van der Waals surface area contributed by atoms with E-state index in [-0.39, 0.29) is 23.3 Å². The second-order valence-corrected chi connectivity index (χ2v) is 13.5. The van der Waals surface area contributed by atoms with Gasteiger partial charge in [0.25, 0.3) is 5.91 Å². The van der Waals surface area contributed by atoms with Crippen LogP contribution >= 0.6 is 11.9 Å². The number of Topliss-reactive ketones (excluding diaryl/α,β-unsaturated/α-hetero) is 1. The Hall–Kier alpha value is -3.39. The van der Waals surface area contributed by atoms with Gasteiger partial charge in [-0.1, -0.05) is 45.0 Å². The normalized spacial score (nSPS) is 18.6. The molecule has 0 radical (unpaired) electrons. The van der Waals surface area contributed by atoms with E-state index < -0.39 is 0 Å². The molecule has 3 aromatic rings. The van der Waals surface area contributed by atoms with Crippen LogP contribution in [0, 0.1) is 25.2 Å². The van der Waals surface area contributed by atoms with Crippen LogP contribution in [0.3, 0.4) is 0 Å². The Morgan fingerprint density at radius 2 is 1.71 bits per heavy atom. The molecule has 8 heteroatoms. The van der Waals surface area contributed by atoms with Crippen molar-refractivity contribution >= 4 is 29.6 Å². The molecule has 7 nitrogen and oxygen atoms in total. The molecule has 1 amide bonds. The highest BCUT2D eigenvalue weighted by molar-refractivity contribution is 8.00. The number of ketones is 1. The van der Waals surface area contributed by atoms with Gasteiger partial charge in [0.1, 0.15) is 12.4 Å². The van der Waals surface area contributed by atoms with Crippen LogP contribution in [0.5, 0.6) is 5.88 Å². The van der Waals surface area contributed by atoms with Crippen molar-refractivity contribution in [3.05, 3.63) is 65.2 Å². The molecule has 2 aliphatic rings. The SMILES string of the molecule is Cc1cccc(C)c1-c1cc2nc(n1)NSc1cccc(c1)C(=O)N(CC1CCC(=O)CC1)[C@H](CC(C)(C)C)CO2. The highest BCUT2D eigenvalue weighted by Gasteiger charge is 2.33. The standard InChI is InChI=1S/C33H40N4O3S/c1-21-8-6-9-22(2)30(21)28-17-29-35-32(34-28)36-41-27-11-7-10-24(16-27)31(39)37(19-23-12-14-26(38)15-13-23)25(20-40-29)18-33(3,4)5/h6-11,16-17,23,25H,12-15,18-20H2,1-5H3,(H,34,35,36)/t25-/m1/s1. The number of amides is 1. The molecule has 1 fully saturated rings. The van der Waals surface area contributed by atoms with Crippen LogP contribution in [0.4, 0.5) is 5.95 Å². The van der Waals surface area contributed by atoms with Crippen molar-refractivity contribution in [2.45, 2.75) is 77.7 Å². The molecule has 1 N–H and O–H groups in total. The van der Waals surface area contributed by atoms with Gasteiger partial charge in [0.2, 0.25) is 11.8 Å². The first-order valence-electron chi connectivity index (χ1n) is 14.5. The van der Waals surface area contributed by atoms with Gasteiger partial charge in [0, 0.05) is 41.5 Å². The minimum absolute atomic E-state index is 0.00420. The maximum absolute atomic E-state index is 14.2. The smallest absolute Gasteiger partial charge is 0.254 e. The Kier molecular flexibility index (Phi) is 8.68. The monoisotopic (exact) mass is 572 g/mol. The van der Waals surface area contributed by atoms with Gasteiger partial charge >= 0.3 is 0 Å². The lowest BCUT2D eigenvalue weighted by Gasteiger charge is -2.38. The highest BCUT2D eigenvalue weighted by Crippen LogP contribution is 2.33. The molecule has 0 saturated heterocycles. The zero-order valence-electron chi connectivity index (χ0n) is 24.7. The summed E-state index contributed by atoms with van der Waals surface area (Å²) in [5.74, 6) is 1.54. The molecule has 0 unspecified atom stereocenters. The van der Waals surface area contributed by atoms with Crippen LogP contribution < -0.4 is 9.46 Å². The molecule has 5 rings (SSSR count). The predicted molar refractivity (Wildman–Crippen MR) is 164 cm³/mol. The van der Waals surface area contributed by atoms with Crippen LogP contribution in [-0.4, -0.2) is 45.8 Å². The molecule has 41 heavy (non-hydrogen) atoms. The summed E-state index contributed by atoms with van der Waals surface area (Å²) in [5.41, 5.74) is 4.73. The Morgan fingerprint density at radius 1 is 1.00 bits per heavy atom. The Balaban J connectivity index is 1.57. The number of carbonyl (C=O) groups excluding carboxylic acids is 2. The summed E-state index contributed by atoms with van der Waals surface area (Å²) in [6, 6.07) is 15.7. The third-order valence-electron chi connectivity index (χ3n) is 7.87. The largest absolute Gasteiger partial charge is 0.475 e. The van der Waals surface area contributed by atoms with Crippen LogP contribution in [-0.2, 0) is 4.79 Å². The first-order chi connectivity index (χ1) is 19.6. The van der Waals surface area contributed by atoms with Gasteiger partial charge in [-0.3, -0.25) is 14.3 Å². The van der Waals surface area contributed by atoms with E-state index in [1.54, 1.807) is 0 Å². The molecule has 216 valence electrons. The van der Waals surface area contributed by atoms with E-state index in [9.17, 15) is 9.59 Å². The topological polar surface area (TPSA) is 84.4 Å². The van der Waals surface area contributed by atoms with Gasteiger partial charge in [0.15, 0.2) is 0 Å². The maximum atomic E-state index is 14.2. The van der Waals surface area contributed by atoms with Gasteiger partial charge in [-0.25, -0.2) is 4.98 Å². The Labute approximate surface area is 247 Å². The zero-order valence-corrected chi connectivity index (χ0v) is 25.5. The van der Waals surface area contributed by atoms with E-state index in [0.29, 0.717) is 49.2 Å². The number of ether oxygens (including phenoxy) is 1. The summed E-state index contributed by atoms with van der Waals surface area (Å²) in [6.45, 7) is 11.7. The van der Waals surface area contributed by atoms with Gasteiger partial charge in [-0.15, -0.1) is 0 Å². The van der Waals surface area contributed by atoms with Crippen molar-refractivity contribution in [3.8, 4) is 17.1 Å². The van der Waals surface area contributed by atoms with E-state index in [1.165, 1.54) is 11.9 Å². The quantitative estimate of drug-likeness (QED) is 0.329. The van der Waals surface area contributed by atoms with Crippen molar-refractivity contribution in [1.82, 2.24) is 14.9 Å². The number of anilines is 1. The summed E-state index contributed by atoms with van der Waals surface area (Å²) < 4.78 is 9.74. The summed E-state index contributed by atoms with van der Waals surface area (Å²) >= 11 is 1.38. The molecule has 1 atom stereocenters. The molecule has 0 spiro atoms. The number of nitrogens with one attached hydrogen (secondary N) is 1. The molecular formula is C33H40N4O3S. The second kappa shape index (κ2) is 12.2. The molecular weight excluding hydrogens is 532 g/mol. The number of hydrogen-bond donors (Lipinski definition) is 1. The highest BCUT2D eigenvalue weighted by atomic mass is 32.2. The fourth-order valence-corrected chi connectivity index (χ4v) is 6.49. The summed E-state index contributed by atoms with van der Waals surface area (Å²) in [7, 11) is 0. The number of rotatable bonds is 4. The lowest BCUT2D eigenvalue weighted by Crippen LogP contribution is -2.48. The van der Waals surface area contributed by atoms with E-state index >= 15 is 0 Å². The van der Waals surface area contributed by atoms with Gasteiger partial charge in [0.05, 0.1) is 11.7 Å². The number of aromatic nitrogens is 2. The summed E-state index contributed by atoms with van der Waals surface area (Å²) in [6.07, 6.45) is 3.59. The summed E-state index contributed by atoms with van der Waals surface area (Å²) in [4.78, 5) is 38.6. The molecule has 2 heterocycles. The predicted octanol–water partition coefficient (Wildman–Crippen LogP) is 7.28. The number of hydrogen-bond acceptors (Lipinski definition) is 7. The molecule has 1 aliphatic carbocycles. The summed E-state index contributed by atoms with van der Waals surface area (Å²) in [5, 5.41) is 0. The number of carbonyl (C=O) groups is 2. The molecule has 4 bridgehead atoms. The fraction of sp³-hybridized carbons (Fsp3) is 0.455. The van der Waals surface area contributed by atoms with Crippen molar-refractivity contribution in [2.24, 2.45) is 11.3 Å².